The van der Waals surface area contributed by atoms with E-state index in [2.05, 4.69) is 13.1 Å². The summed E-state index contributed by atoms with van der Waals surface area (Å²) >= 11 is 11.9. The predicted molar refractivity (Wildman–Crippen MR) is 96.0 cm³/mol. The van der Waals surface area contributed by atoms with Gasteiger partial charge in [-0.05, 0) is 19.4 Å². The zero-order valence-electron chi connectivity index (χ0n) is 13.9. The molecule has 0 aliphatic heterocycles. The number of hydrogen-bond acceptors (Lipinski definition) is 2. The number of esters is 1. The molecule has 0 fully saturated rings. The first kappa shape index (κ1) is 21.3. The summed E-state index contributed by atoms with van der Waals surface area (Å²) in [7, 11) is -1.34. The summed E-state index contributed by atoms with van der Waals surface area (Å²) in [6.07, 6.45) is 11.2. The number of alkyl halides is 1. The lowest BCUT2D eigenvalue weighted by molar-refractivity contribution is -0.142. The topological polar surface area (TPSA) is 26.3 Å². The van der Waals surface area contributed by atoms with Crippen LogP contribution >= 0.6 is 22.7 Å². The van der Waals surface area contributed by atoms with Crippen molar-refractivity contribution in [3.63, 3.8) is 0 Å². The Hall–Kier alpha value is 0.267. The van der Waals surface area contributed by atoms with Crippen LogP contribution in [0.5, 0.6) is 0 Å². The quantitative estimate of drug-likeness (QED) is 0.131. The second-order valence-electron chi connectivity index (χ2n) is 6.43. The minimum Gasteiger partial charge on any atom is -0.465 e. The van der Waals surface area contributed by atoms with Crippen molar-refractivity contribution >= 4 is 36.0 Å². The molecule has 0 saturated heterocycles. The standard InChI is InChI=1S/C16H32Cl2O2Si/c1-15(17)16(19)20-13-11-9-7-5-4-6-8-10-12-14-21(2,3)18/h15H,4-14H2,1-3H3. The van der Waals surface area contributed by atoms with Gasteiger partial charge in [0, 0.05) is 0 Å². The molecule has 126 valence electrons. The summed E-state index contributed by atoms with van der Waals surface area (Å²) in [6, 6.07) is 1.24. The van der Waals surface area contributed by atoms with Crippen LogP contribution in [0.3, 0.4) is 0 Å². The number of unbranched alkanes of at least 4 members (excludes halogenated alkanes) is 8. The van der Waals surface area contributed by atoms with Crippen LogP contribution in [0.2, 0.25) is 19.1 Å². The molecule has 0 N–H and O–H groups in total. The van der Waals surface area contributed by atoms with Gasteiger partial charge in [0.15, 0.2) is 0 Å². The molecule has 0 aliphatic rings. The number of carbonyl (C=O) groups is 1. The molecule has 0 spiro atoms. The van der Waals surface area contributed by atoms with Crippen LogP contribution in [0.25, 0.3) is 0 Å². The molecule has 1 atom stereocenters. The fourth-order valence-corrected chi connectivity index (χ4v) is 3.73. The molecule has 0 radical (unpaired) electrons. The van der Waals surface area contributed by atoms with E-state index in [-0.39, 0.29) is 5.97 Å². The highest BCUT2D eigenvalue weighted by Crippen LogP contribution is 2.19. The Kier molecular flexibility index (Phi) is 12.9. The molecule has 0 aromatic heterocycles. The highest BCUT2D eigenvalue weighted by atomic mass is 35.6. The zero-order valence-corrected chi connectivity index (χ0v) is 16.4. The SMILES string of the molecule is CC(Cl)C(=O)OCCCCCCCCCCC[Si](C)(C)Cl. The predicted octanol–water partition coefficient (Wildman–Crippen LogP) is 6.11. The van der Waals surface area contributed by atoms with Crippen LogP contribution in [0.15, 0.2) is 0 Å². The Bertz CT molecular complexity index is 265. The first-order chi connectivity index (χ1) is 9.83. The van der Waals surface area contributed by atoms with Crippen molar-refractivity contribution < 1.29 is 9.53 Å². The molecular formula is C16H32Cl2O2Si. The molecule has 0 aliphatic carbocycles. The molecule has 0 amide bonds. The van der Waals surface area contributed by atoms with Gasteiger partial charge in [0.25, 0.3) is 0 Å². The number of rotatable bonds is 13. The van der Waals surface area contributed by atoms with Crippen molar-refractivity contribution in [3.05, 3.63) is 0 Å². The fraction of sp³-hybridized carbons (Fsp3) is 0.938. The third-order valence-electron chi connectivity index (χ3n) is 3.48. The molecular weight excluding hydrogens is 323 g/mol. The van der Waals surface area contributed by atoms with Gasteiger partial charge >= 0.3 is 5.97 Å². The Morgan fingerprint density at radius 2 is 1.38 bits per heavy atom. The lowest BCUT2D eigenvalue weighted by Crippen LogP contribution is -2.14. The largest absolute Gasteiger partial charge is 0.465 e. The lowest BCUT2D eigenvalue weighted by Gasteiger charge is -2.11. The van der Waals surface area contributed by atoms with Gasteiger partial charge in [-0.2, -0.15) is 11.1 Å². The van der Waals surface area contributed by atoms with Crippen LogP contribution in [0, 0.1) is 0 Å². The van der Waals surface area contributed by atoms with Crippen molar-refractivity contribution in [2.24, 2.45) is 0 Å². The second-order valence-corrected chi connectivity index (χ2v) is 14.1. The van der Waals surface area contributed by atoms with Crippen LogP contribution in [-0.2, 0) is 9.53 Å². The minimum atomic E-state index is -1.34. The van der Waals surface area contributed by atoms with Gasteiger partial charge in [-0.15, -0.1) is 11.6 Å². The van der Waals surface area contributed by atoms with Crippen molar-refractivity contribution in [2.75, 3.05) is 6.61 Å². The molecule has 2 nitrogen and oxygen atoms in total. The first-order valence-electron chi connectivity index (χ1n) is 8.32. The normalized spacial score (nSPS) is 13.2. The molecule has 0 aromatic rings. The van der Waals surface area contributed by atoms with Gasteiger partial charge in [0.1, 0.15) is 12.8 Å². The summed E-state index contributed by atoms with van der Waals surface area (Å²) in [5.41, 5.74) is 0. The van der Waals surface area contributed by atoms with Crippen LogP contribution in [0.1, 0.15) is 64.7 Å². The van der Waals surface area contributed by atoms with E-state index in [1.54, 1.807) is 6.92 Å². The van der Waals surface area contributed by atoms with Gasteiger partial charge in [0.05, 0.1) is 6.61 Å². The van der Waals surface area contributed by atoms with E-state index in [0.29, 0.717) is 6.61 Å². The molecule has 0 rings (SSSR count). The number of carbonyl (C=O) groups excluding carboxylic acids is 1. The highest BCUT2D eigenvalue weighted by Gasteiger charge is 2.15. The summed E-state index contributed by atoms with van der Waals surface area (Å²) in [5, 5.41) is -0.531. The smallest absolute Gasteiger partial charge is 0.323 e. The average Bonchev–Trinajstić information content (AvgIpc) is 2.38. The molecule has 0 bridgehead atoms. The van der Waals surface area contributed by atoms with Gasteiger partial charge in [0.2, 0.25) is 0 Å². The van der Waals surface area contributed by atoms with Crippen LogP contribution < -0.4 is 0 Å². The molecule has 0 aromatic carbocycles. The summed E-state index contributed by atoms with van der Waals surface area (Å²) in [4.78, 5) is 11.1. The van der Waals surface area contributed by atoms with E-state index in [0.717, 1.165) is 12.8 Å². The highest BCUT2D eigenvalue weighted by molar-refractivity contribution is 7.19. The van der Waals surface area contributed by atoms with Gasteiger partial charge in [-0.1, -0.05) is 64.5 Å². The molecule has 0 heterocycles. The van der Waals surface area contributed by atoms with E-state index in [4.69, 9.17) is 27.4 Å². The maximum absolute atomic E-state index is 11.1. The van der Waals surface area contributed by atoms with E-state index < -0.39 is 12.8 Å². The van der Waals surface area contributed by atoms with E-state index >= 15 is 0 Å². The van der Waals surface area contributed by atoms with Crippen LogP contribution in [-0.4, -0.2) is 25.3 Å². The van der Waals surface area contributed by atoms with E-state index in [1.165, 1.54) is 51.0 Å². The van der Waals surface area contributed by atoms with E-state index in [9.17, 15) is 4.79 Å². The third-order valence-corrected chi connectivity index (χ3v) is 5.77. The maximum atomic E-state index is 11.1. The maximum Gasteiger partial charge on any atom is 0.323 e. The minimum absolute atomic E-state index is 0.306. The van der Waals surface area contributed by atoms with Gasteiger partial charge in [-0.3, -0.25) is 4.79 Å². The summed E-state index contributed by atoms with van der Waals surface area (Å²) in [6.45, 7) is 6.59. The molecule has 0 saturated carbocycles. The van der Waals surface area contributed by atoms with Crippen molar-refractivity contribution in [2.45, 2.75) is 89.2 Å². The summed E-state index contributed by atoms with van der Waals surface area (Å²) in [5.74, 6) is -0.306. The van der Waals surface area contributed by atoms with Crippen molar-refractivity contribution in [1.29, 1.82) is 0 Å². The van der Waals surface area contributed by atoms with Crippen LogP contribution in [0.4, 0.5) is 0 Å². The molecule has 5 heteroatoms. The Morgan fingerprint density at radius 3 is 1.81 bits per heavy atom. The van der Waals surface area contributed by atoms with Gasteiger partial charge < -0.3 is 4.74 Å². The van der Waals surface area contributed by atoms with E-state index in [1.807, 2.05) is 0 Å². The second kappa shape index (κ2) is 12.8. The lowest BCUT2D eigenvalue weighted by atomic mass is 10.1. The first-order valence-corrected chi connectivity index (χ1v) is 13.0. The number of hydrogen-bond donors (Lipinski definition) is 0. The molecule has 1 unspecified atom stereocenters. The fourth-order valence-electron chi connectivity index (χ4n) is 2.17. The van der Waals surface area contributed by atoms with Crippen molar-refractivity contribution in [1.82, 2.24) is 0 Å². The Morgan fingerprint density at radius 1 is 0.952 bits per heavy atom. The monoisotopic (exact) mass is 354 g/mol. The Labute approximate surface area is 141 Å². The Balaban J connectivity index is 3.14. The summed E-state index contributed by atoms with van der Waals surface area (Å²) < 4.78 is 5.02. The zero-order chi connectivity index (χ0) is 16.1. The molecule has 21 heavy (non-hydrogen) atoms. The number of ether oxygens (including phenoxy) is 1. The van der Waals surface area contributed by atoms with Crippen molar-refractivity contribution in [3.8, 4) is 0 Å². The van der Waals surface area contributed by atoms with Gasteiger partial charge in [-0.25, -0.2) is 0 Å². The number of halogens is 2. The average molecular weight is 355 g/mol. The third kappa shape index (κ3) is 16.5.